The molecular formula is C14H20N4. The molecule has 0 spiro atoms. The maximum atomic E-state index is 5.92. The quantitative estimate of drug-likeness (QED) is 0.836. The average molecular weight is 244 g/mol. The Bertz CT molecular complexity index is 530. The molecule has 2 rings (SSSR count). The number of aryl methyl sites for hydroxylation is 2. The normalized spacial score (nSPS) is 11.1. The molecule has 2 aromatic rings. The highest BCUT2D eigenvalue weighted by Crippen LogP contribution is 2.15. The van der Waals surface area contributed by atoms with E-state index < -0.39 is 0 Å². The summed E-state index contributed by atoms with van der Waals surface area (Å²) in [7, 11) is 4.03. The Hall–Kier alpha value is -1.81. The molecule has 0 amide bonds. The van der Waals surface area contributed by atoms with Crippen molar-refractivity contribution in [1.82, 2.24) is 14.7 Å². The Morgan fingerprint density at radius 1 is 1.28 bits per heavy atom. The molecule has 0 bridgehead atoms. The van der Waals surface area contributed by atoms with E-state index in [1.54, 1.807) is 0 Å². The first-order chi connectivity index (χ1) is 8.54. The minimum atomic E-state index is 0.863. The van der Waals surface area contributed by atoms with Gasteiger partial charge in [-0.05, 0) is 31.2 Å². The first-order valence-corrected chi connectivity index (χ1v) is 6.05. The highest BCUT2D eigenvalue weighted by Gasteiger charge is 2.04. The van der Waals surface area contributed by atoms with E-state index in [0.29, 0.717) is 0 Å². The number of rotatable bonds is 4. The topological polar surface area (TPSA) is 47.1 Å². The molecule has 96 valence electrons. The summed E-state index contributed by atoms with van der Waals surface area (Å²) in [4.78, 5) is 2.25. The fourth-order valence-electron chi connectivity index (χ4n) is 2.02. The third-order valence-electron chi connectivity index (χ3n) is 3.01. The summed E-state index contributed by atoms with van der Waals surface area (Å²) in [5, 5.41) is 4.17. The van der Waals surface area contributed by atoms with Gasteiger partial charge in [0.1, 0.15) is 0 Å². The molecule has 0 aliphatic rings. The summed E-state index contributed by atoms with van der Waals surface area (Å²) >= 11 is 0. The summed E-state index contributed by atoms with van der Waals surface area (Å²) in [5.41, 5.74) is 10.4. The minimum Gasteiger partial charge on any atom is -0.399 e. The van der Waals surface area contributed by atoms with Crippen molar-refractivity contribution in [1.29, 1.82) is 0 Å². The zero-order chi connectivity index (χ0) is 13.1. The van der Waals surface area contributed by atoms with Crippen LogP contribution in [0.15, 0.2) is 30.6 Å². The number of hydrogen-bond acceptors (Lipinski definition) is 3. The maximum Gasteiger partial charge on any atom is 0.0534 e. The minimum absolute atomic E-state index is 0.863. The van der Waals surface area contributed by atoms with Crippen molar-refractivity contribution < 1.29 is 0 Å². The van der Waals surface area contributed by atoms with Gasteiger partial charge in [-0.2, -0.15) is 5.10 Å². The zero-order valence-electron chi connectivity index (χ0n) is 11.2. The Balaban J connectivity index is 1.98. The fraction of sp³-hybridized carbons (Fsp3) is 0.357. The van der Waals surface area contributed by atoms with E-state index in [-0.39, 0.29) is 0 Å². The molecule has 0 aliphatic carbocycles. The molecule has 4 nitrogen and oxygen atoms in total. The smallest absolute Gasteiger partial charge is 0.0534 e. The molecule has 0 atom stereocenters. The van der Waals surface area contributed by atoms with Crippen LogP contribution in [0.25, 0.3) is 0 Å². The predicted molar refractivity (Wildman–Crippen MR) is 74.0 cm³/mol. The molecular weight excluding hydrogens is 224 g/mol. The lowest BCUT2D eigenvalue weighted by Crippen LogP contribution is -2.17. The lowest BCUT2D eigenvalue weighted by atomic mass is 10.1. The molecule has 0 saturated carbocycles. The summed E-state index contributed by atoms with van der Waals surface area (Å²) < 4.78 is 1.83. The maximum absolute atomic E-state index is 5.92. The van der Waals surface area contributed by atoms with Gasteiger partial charge in [0, 0.05) is 37.6 Å². The largest absolute Gasteiger partial charge is 0.399 e. The fourth-order valence-corrected chi connectivity index (χ4v) is 2.02. The van der Waals surface area contributed by atoms with Crippen LogP contribution in [-0.4, -0.2) is 21.7 Å². The van der Waals surface area contributed by atoms with Crippen LogP contribution in [0.4, 0.5) is 5.69 Å². The Kier molecular flexibility index (Phi) is 3.67. The van der Waals surface area contributed by atoms with Crippen LogP contribution >= 0.6 is 0 Å². The Morgan fingerprint density at radius 2 is 2.00 bits per heavy atom. The third-order valence-corrected chi connectivity index (χ3v) is 3.01. The molecule has 0 fully saturated rings. The molecule has 0 radical (unpaired) electrons. The van der Waals surface area contributed by atoms with Gasteiger partial charge in [-0.3, -0.25) is 9.58 Å². The van der Waals surface area contributed by atoms with E-state index >= 15 is 0 Å². The van der Waals surface area contributed by atoms with E-state index in [9.17, 15) is 0 Å². The number of hydrogen-bond donors (Lipinski definition) is 1. The molecule has 4 heteroatoms. The van der Waals surface area contributed by atoms with Gasteiger partial charge in [-0.25, -0.2) is 0 Å². The molecule has 0 aliphatic heterocycles. The van der Waals surface area contributed by atoms with Gasteiger partial charge < -0.3 is 5.73 Å². The van der Waals surface area contributed by atoms with Crippen LogP contribution < -0.4 is 5.73 Å². The lowest BCUT2D eigenvalue weighted by molar-refractivity contribution is 0.319. The van der Waals surface area contributed by atoms with Gasteiger partial charge in [-0.1, -0.05) is 12.1 Å². The van der Waals surface area contributed by atoms with E-state index in [2.05, 4.69) is 35.2 Å². The van der Waals surface area contributed by atoms with E-state index in [1.165, 1.54) is 11.1 Å². The van der Waals surface area contributed by atoms with Crippen molar-refractivity contribution >= 4 is 5.69 Å². The first-order valence-electron chi connectivity index (χ1n) is 6.05. The van der Waals surface area contributed by atoms with Crippen molar-refractivity contribution in [3.05, 3.63) is 47.3 Å². The van der Waals surface area contributed by atoms with Gasteiger partial charge in [-0.15, -0.1) is 0 Å². The van der Waals surface area contributed by atoms with Gasteiger partial charge in [0.15, 0.2) is 0 Å². The Labute approximate surface area is 108 Å². The number of nitrogens with zero attached hydrogens (tertiary/aromatic N) is 3. The van der Waals surface area contributed by atoms with Crippen LogP contribution in [0.1, 0.15) is 16.7 Å². The predicted octanol–water partition coefficient (Wildman–Crippen LogP) is 1.94. The molecule has 1 aromatic heterocycles. The Morgan fingerprint density at radius 3 is 2.61 bits per heavy atom. The highest BCUT2D eigenvalue weighted by molar-refractivity contribution is 5.48. The summed E-state index contributed by atoms with van der Waals surface area (Å²) in [5.74, 6) is 0. The summed E-state index contributed by atoms with van der Waals surface area (Å²) in [6.07, 6.45) is 3.94. The molecule has 2 N–H and O–H groups in total. The monoisotopic (exact) mass is 244 g/mol. The lowest BCUT2D eigenvalue weighted by Gasteiger charge is -2.16. The molecule has 0 saturated heterocycles. The zero-order valence-corrected chi connectivity index (χ0v) is 11.2. The number of nitrogen functional groups attached to an aromatic ring is 1. The van der Waals surface area contributed by atoms with Gasteiger partial charge in [0.2, 0.25) is 0 Å². The number of benzene rings is 1. The summed E-state index contributed by atoms with van der Waals surface area (Å²) in [6.45, 7) is 3.81. The van der Waals surface area contributed by atoms with Crippen molar-refractivity contribution in [2.24, 2.45) is 7.05 Å². The van der Waals surface area contributed by atoms with Gasteiger partial charge in [0.25, 0.3) is 0 Å². The molecule has 0 unspecified atom stereocenters. The average Bonchev–Trinajstić information content (AvgIpc) is 2.69. The van der Waals surface area contributed by atoms with Crippen LogP contribution in [0, 0.1) is 6.92 Å². The van der Waals surface area contributed by atoms with Crippen LogP contribution in [-0.2, 0) is 20.1 Å². The van der Waals surface area contributed by atoms with Gasteiger partial charge >= 0.3 is 0 Å². The van der Waals surface area contributed by atoms with E-state index in [1.807, 2.05) is 31.0 Å². The summed E-state index contributed by atoms with van der Waals surface area (Å²) in [6, 6.07) is 6.25. The van der Waals surface area contributed by atoms with Crippen LogP contribution in [0.3, 0.4) is 0 Å². The highest BCUT2D eigenvalue weighted by atomic mass is 15.2. The van der Waals surface area contributed by atoms with Crippen molar-refractivity contribution in [3.8, 4) is 0 Å². The second kappa shape index (κ2) is 5.23. The van der Waals surface area contributed by atoms with Gasteiger partial charge in [0.05, 0.1) is 6.20 Å². The molecule has 1 heterocycles. The molecule has 18 heavy (non-hydrogen) atoms. The first kappa shape index (κ1) is 12.6. The van der Waals surface area contributed by atoms with Crippen LogP contribution in [0.2, 0.25) is 0 Å². The standard InChI is InChI=1S/C14H20N4/c1-11-4-5-12(6-14(11)15)8-17(2)9-13-7-16-18(3)10-13/h4-7,10H,8-9,15H2,1-3H3. The number of anilines is 1. The van der Waals surface area contributed by atoms with E-state index in [0.717, 1.165) is 24.3 Å². The number of nitrogens with two attached hydrogens (primary N) is 1. The van der Waals surface area contributed by atoms with E-state index in [4.69, 9.17) is 5.73 Å². The second-order valence-corrected chi connectivity index (χ2v) is 4.89. The van der Waals surface area contributed by atoms with Crippen molar-refractivity contribution in [3.63, 3.8) is 0 Å². The molecule has 1 aromatic carbocycles. The second-order valence-electron chi connectivity index (χ2n) is 4.89. The van der Waals surface area contributed by atoms with Crippen LogP contribution in [0.5, 0.6) is 0 Å². The van der Waals surface area contributed by atoms with Crippen molar-refractivity contribution in [2.75, 3.05) is 12.8 Å². The SMILES string of the molecule is Cc1ccc(CN(C)Cc2cnn(C)c2)cc1N. The third kappa shape index (κ3) is 3.11. The van der Waals surface area contributed by atoms with Crippen molar-refractivity contribution in [2.45, 2.75) is 20.0 Å². The number of aromatic nitrogens is 2.